The number of allylic oxidation sites excluding steroid dienone is 1. The molecule has 0 radical (unpaired) electrons. The molecule has 0 aliphatic rings. The molecule has 0 N–H and O–H groups in total. The van der Waals surface area contributed by atoms with Gasteiger partial charge in [-0.15, -0.1) is 0 Å². The number of hydrogen-bond acceptors (Lipinski definition) is 1. The summed E-state index contributed by atoms with van der Waals surface area (Å²) in [6.07, 6.45) is 3.41. The predicted molar refractivity (Wildman–Crippen MR) is 28.9 cm³/mol. The van der Waals surface area contributed by atoms with Crippen LogP contribution in [-0.4, -0.2) is 10.5 Å². The van der Waals surface area contributed by atoms with Crippen LogP contribution in [0.4, 0.5) is 0 Å². The predicted octanol–water partition coefficient (Wildman–Crippen LogP) is 0.899. The molecule has 0 aliphatic heterocycles. The van der Waals surface area contributed by atoms with E-state index >= 15 is 0 Å². The highest BCUT2D eigenvalue weighted by Gasteiger charge is 1.69. The molecule has 0 aromatic carbocycles. The molecule has 0 saturated heterocycles. The lowest BCUT2D eigenvalue weighted by Crippen LogP contribution is -1.71. The van der Waals surface area contributed by atoms with Gasteiger partial charge < -0.3 is 0 Å². The van der Waals surface area contributed by atoms with Gasteiger partial charge in [-0.1, -0.05) is 6.08 Å². The summed E-state index contributed by atoms with van der Waals surface area (Å²) in [5.74, 6) is 0. The van der Waals surface area contributed by atoms with E-state index in [1.54, 1.807) is 17.7 Å². The molecule has 0 saturated carbocycles. The van der Waals surface area contributed by atoms with Crippen LogP contribution in [-0.2, 0) is 10.8 Å². The van der Waals surface area contributed by atoms with Crippen LogP contribution in [0.15, 0.2) is 11.5 Å². The van der Waals surface area contributed by atoms with Crippen LogP contribution in [0.2, 0.25) is 0 Å². The Labute approximate surface area is 40.5 Å². The van der Waals surface area contributed by atoms with Crippen LogP contribution >= 0.6 is 0 Å². The molecule has 0 rings (SSSR count). The Kier molecular flexibility index (Phi) is 3.04. The van der Waals surface area contributed by atoms with Crippen molar-refractivity contribution in [3.63, 3.8) is 0 Å². The van der Waals surface area contributed by atoms with Crippen molar-refractivity contribution < 1.29 is 4.21 Å². The first-order valence-electron chi connectivity index (χ1n) is 1.72. The van der Waals surface area contributed by atoms with E-state index in [0.717, 1.165) is 0 Å². The topological polar surface area (TPSA) is 17.1 Å². The van der Waals surface area contributed by atoms with Gasteiger partial charge in [0.15, 0.2) is 0 Å². The molecule has 0 spiro atoms. The van der Waals surface area contributed by atoms with Gasteiger partial charge in [0.2, 0.25) is 0 Å². The molecular formula is C4H8OS. The summed E-state index contributed by atoms with van der Waals surface area (Å²) in [7, 11) is -0.746. The van der Waals surface area contributed by atoms with Crippen LogP contribution in [0, 0.1) is 0 Å². The Balaban J connectivity index is 3.30. The van der Waals surface area contributed by atoms with E-state index in [0.29, 0.717) is 0 Å². The fourth-order valence-corrected chi connectivity index (χ4v) is 0.575. The summed E-state index contributed by atoms with van der Waals surface area (Å²) >= 11 is 0. The Morgan fingerprint density at radius 3 is 2.17 bits per heavy atom. The zero-order valence-electron chi connectivity index (χ0n) is 3.97. The minimum absolute atomic E-state index is 0.746. The quantitative estimate of drug-likeness (QED) is 0.483. The molecular weight excluding hydrogens is 96.1 g/mol. The standard InChI is InChI=1S/C4H8OS/c1-3-4-6(2)5/h3-4H,1-2H3/b4-3+. The monoisotopic (exact) mass is 104 g/mol. The van der Waals surface area contributed by atoms with Gasteiger partial charge in [0, 0.05) is 17.1 Å². The third kappa shape index (κ3) is 3.89. The molecule has 1 unspecified atom stereocenters. The summed E-state index contributed by atoms with van der Waals surface area (Å²) in [4.78, 5) is 0. The molecule has 0 aliphatic carbocycles. The Hall–Kier alpha value is -0.110. The SMILES string of the molecule is C/C=C/S(C)=O. The third-order valence-corrected chi connectivity index (χ3v) is 0.983. The molecule has 0 heterocycles. The van der Waals surface area contributed by atoms with Gasteiger partial charge in [0.05, 0.1) is 0 Å². The van der Waals surface area contributed by atoms with Crippen molar-refractivity contribution in [1.82, 2.24) is 0 Å². The average Bonchev–Trinajstić information content (AvgIpc) is 1.35. The van der Waals surface area contributed by atoms with Crippen molar-refractivity contribution in [3.05, 3.63) is 11.5 Å². The van der Waals surface area contributed by atoms with Crippen molar-refractivity contribution in [2.24, 2.45) is 0 Å². The third-order valence-electron chi connectivity index (χ3n) is 0.328. The van der Waals surface area contributed by atoms with Gasteiger partial charge >= 0.3 is 0 Å². The molecule has 6 heavy (non-hydrogen) atoms. The molecule has 0 aromatic rings. The van der Waals surface area contributed by atoms with Crippen LogP contribution in [0.5, 0.6) is 0 Å². The van der Waals surface area contributed by atoms with E-state index < -0.39 is 10.8 Å². The van der Waals surface area contributed by atoms with Crippen molar-refractivity contribution in [2.45, 2.75) is 6.92 Å². The highest BCUT2D eigenvalue weighted by atomic mass is 32.2. The van der Waals surface area contributed by atoms with Crippen LogP contribution < -0.4 is 0 Å². The summed E-state index contributed by atoms with van der Waals surface area (Å²) in [6, 6.07) is 0. The minimum Gasteiger partial charge on any atom is -0.255 e. The zero-order valence-corrected chi connectivity index (χ0v) is 4.79. The molecule has 1 nitrogen and oxygen atoms in total. The maximum atomic E-state index is 10.1. The normalized spacial score (nSPS) is 15.7. The van der Waals surface area contributed by atoms with Gasteiger partial charge in [-0.3, -0.25) is 4.21 Å². The Bertz CT molecular complexity index is 75.6. The van der Waals surface area contributed by atoms with E-state index in [2.05, 4.69) is 0 Å². The van der Waals surface area contributed by atoms with Crippen molar-refractivity contribution in [3.8, 4) is 0 Å². The van der Waals surface area contributed by atoms with Crippen LogP contribution in [0.25, 0.3) is 0 Å². The summed E-state index contributed by atoms with van der Waals surface area (Å²) in [5, 5.41) is 1.64. The maximum absolute atomic E-state index is 10.1. The number of rotatable bonds is 1. The van der Waals surface area contributed by atoms with Gasteiger partial charge in [0.25, 0.3) is 0 Å². The lowest BCUT2D eigenvalue weighted by Gasteiger charge is -1.70. The molecule has 1 atom stereocenters. The van der Waals surface area contributed by atoms with E-state index in [4.69, 9.17) is 0 Å². The van der Waals surface area contributed by atoms with Gasteiger partial charge in [-0.05, 0) is 12.3 Å². The zero-order chi connectivity index (χ0) is 4.99. The second-order valence-electron chi connectivity index (χ2n) is 0.968. The second-order valence-corrected chi connectivity index (χ2v) is 2.24. The van der Waals surface area contributed by atoms with Crippen molar-refractivity contribution in [1.29, 1.82) is 0 Å². The lowest BCUT2D eigenvalue weighted by atomic mass is 10.8. The fourth-order valence-electron chi connectivity index (χ4n) is 0.192. The first kappa shape index (κ1) is 5.89. The lowest BCUT2D eigenvalue weighted by molar-refractivity contribution is 0.691. The van der Waals surface area contributed by atoms with Crippen molar-refractivity contribution in [2.75, 3.05) is 6.26 Å². The fraction of sp³-hybridized carbons (Fsp3) is 0.500. The summed E-state index contributed by atoms with van der Waals surface area (Å²) < 4.78 is 10.1. The van der Waals surface area contributed by atoms with Gasteiger partial charge in [-0.25, -0.2) is 0 Å². The van der Waals surface area contributed by atoms with E-state index in [-0.39, 0.29) is 0 Å². The highest BCUT2D eigenvalue weighted by molar-refractivity contribution is 7.87. The first-order valence-corrected chi connectivity index (χ1v) is 3.34. The molecule has 36 valence electrons. The largest absolute Gasteiger partial charge is 0.255 e. The van der Waals surface area contributed by atoms with Gasteiger partial charge in [-0.2, -0.15) is 0 Å². The molecule has 2 heteroatoms. The Morgan fingerprint density at radius 1 is 1.67 bits per heavy atom. The minimum atomic E-state index is -0.746. The Morgan fingerprint density at radius 2 is 2.17 bits per heavy atom. The number of hydrogen-bond donors (Lipinski definition) is 0. The molecule has 0 aromatic heterocycles. The first-order chi connectivity index (χ1) is 2.77. The van der Waals surface area contributed by atoms with Crippen LogP contribution in [0.3, 0.4) is 0 Å². The van der Waals surface area contributed by atoms with E-state index in [1.165, 1.54) is 0 Å². The van der Waals surface area contributed by atoms with Gasteiger partial charge in [0.1, 0.15) is 0 Å². The maximum Gasteiger partial charge on any atom is 0.0421 e. The van der Waals surface area contributed by atoms with Crippen LogP contribution in [0.1, 0.15) is 6.92 Å². The molecule has 0 fully saturated rings. The summed E-state index contributed by atoms with van der Waals surface area (Å²) in [5.41, 5.74) is 0. The molecule has 0 bridgehead atoms. The molecule has 0 amide bonds. The average molecular weight is 104 g/mol. The summed E-state index contributed by atoms with van der Waals surface area (Å²) in [6.45, 7) is 1.85. The van der Waals surface area contributed by atoms with E-state index in [9.17, 15) is 4.21 Å². The smallest absolute Gasteiger partial charge is 0.0421 e. The second kappa shape index (κ2) is 3.09. The highest BCUT2D eigenvalue weighted by Crippen LogP contribution is 1.73. The van der Waals surface area contributed by atoms with E-state index in [1.807, 2.05) is 6.92 Å². The van der Waals surface area contributed by atoms with Crippen molar-refractivity contribution >= 4 is 10.8 Å².